The summed E-state index contributed by atoms with van der Waals surface area (Å²) in [7, 11) is 1.75. The Labute approximate surface area is 181 Å². The van der Waals surface area contributed by atoms with Gasteiger partial charge in [0.05, 0.1) is 11.9 Å². The van der Waals surface area contributed by atoms with Crippen LogP contribution in [0.4, 0.5) is 13.2 Å². The molecule has 7 nitrogen and oxygen atoms in total. The Morgan fingerprint density at radius 1 is 1.12 bits per heavy atom. The number of aromatic nitrogens is 2. The number of ether oxygens (including phenoxy) is 1. The highest BCUT2D eigenvalue weighted by Gasteiger charge is 2.39. The van der Waals surface area contributed by atoms with E-state index in [0.29, 0.717) is 5.56 Å². The number of ketones is 1. The van der Waals surface area contributed by atoms with Crippen LogP contribution in [0.2, 0.25) is 0 Å². The lowest BCUT2D eigenvalue weighted by Crippen LogP contribution is -2.23. The Hall–Kier alpha value is -3.82. The maximum atomic E-state index is 13.4. The summed E-state index contributed by atoms with van der Waals surface area (Å²) in [5, 5.41) is 12.7. The zero-order chi connectivity index (χ0) is 23.5. The van der Waals surface area contributed by atoms with Crippen molar-refractivity contribution < 1.29 is 32.6 Å². The van der Waals surface area contributed by atoms with E-state index in [9.17, 15) is 27.9 Å². The van der Waals surface area contributed by atoms with Gasteiger partial charge in [0.1, 0.15) is 29.4 Å². The molecule has 0 atom stereocenters. The highest BCUT2D eigenvalue weighted by atomic mass is 19.4. The molecule has 0 saturated heterocycles. The van der Waals surface area contributed by atoms with E-state index in [1.165, 1.54) is 6.33 Å². The topological polar surface area (TPSA) is 93.5 Å². The molecule has 3 aromatic rings. The standard InChI is InChI=1S/C22H20F3N3O4/c1-13(29)16-7-8-18(19(20(16)30)22(23,24)25)32-11-15-5-3-14(4-6-15)9-26-21(31)17-10-28(2)12-27-17/h3-8,10,12,30H,9,11H2,1-2H3,(H,26,31). The molecular weight excluding hydrogens is 427 g/mol. The number of aromatic hydroxyl groups is 1. The van der Waals surface area contributed by atoms with Crippen molar-refractivity contribution in [3.63, 3.8) is 0 Å². The Morgan fingerprint density at radius 3 is 2.34 bits per heavy atom. The molecule has 168 valence electrons. The number of Topliss-reactive ketones (excluding diaryl/α,β-unsaturated/α-hetero) is 1. The lowest BCUT2D eigenvalue weighted by molar-refractivity contribution is -0.140. The van der Waals surface area contributed by atoms with Crippen LogP contribution in [0.5, 0.6) is 11.5 Å². The predicted octanol–water partition coefficient (Wildman–Crippen LogP) is 3.86. The number of amides is 1. The summed E-state index contributed by atoms with van der Waals surface area (Å²) in [5.41, 5.74) is -0.177. The van der Waals surface area contributed by atoms with E-state index in [-0.39, 0.29) is 24.8 Å². The van der Waals surface area contributed by atoms with E-state index >= 15 is 0 Å². The maximum absolute atomic E-state index is 13.4. The summed E-state index contributed by atoms with van der Waals surface area (Å²) >= 11 is 0. The molecule has 2 aromatic carbocycles. The first-order valence-electron chi connectivity index (χ1n) is 9.47. The van der Waals surface area contributed by atoms with Crippen molar-refractivity contribution in [3.05, 3.63) is 76.9 Å². The highest BCUT2D eigenvalue weighted by molar-refractivity contribution is 5.97. The Bertz CT molecular complexity index is 1140. The molecule has 0 spiro atoms. The predicted molar refractivity (Wildman–Crippen MR) is 108 cm³/mol. The smallest absolute Gasteiger partial charge is 0.423 e. The summed E-state index contributed by atoms with van der Waals surface area (Å²) in [5.74, 6) is -2.75. The fourth-order valence-electron chi connectivity index (χ4n) is 2.97. The Balaban J connectivity index is 1.66. The van der Waals surface area contributed by atoms with Crippen molar-refractivity contribution in [2.24, 2.45) is 7.05 Å². The van der Waals surface area contributed by atoms with Crippen molar-refractivity contribution in [1.29, 1.82) is 0 Å². The highest BCUT2D eigenvalue weighted by Crippen LogP contribution is 2.44. The number of phenolic OH excluding ortho intramolecular Hbond substituents is 1. The number of carbonyl (C=O) groups is 2. The number of alkyl halides is 3. The molecule has 0 fully saturated rings. The average molecular weight is 447 g/mol. The number of hydrogen-bond donors (Lipinski definition) is 2. The van der Waals surface area contributed by atoms with Gasteiger partial charge in [-0.3, -0.25) is 9.59 Å². The van der Waals surface area contributed by atoms with Gasteiger partial charge in [0.25, 0.3) is 5.91 Å². The number of carbonyl (C=O) groups excluding carboxylic acids is 2. The first-order valence-corrected chi connectivity index (χ1v) is 9.47. The van der Waals surface area contributed by atoms with E-state index in [4.69, 9.17) is 4.74 Å². The summed E-state index contributed by atoms with van der Waals surface area (Å²) in [6.45, 7) is 1.12. The van der Waals surface area contributed by atoms with Crippen LogP contribution in [0, 0.1) is 0 Å². The van der Waals surface area contributed by atoms with Crippen LogP contribution in [0.15, 0.2) is 48.9 Å². The zero-order valence-electron chi connectivity index (χ0n) is 17.2. The van der Waals surface area contributed by atoms with Gasteiger partial charge in [0.15, 0.2) is 5.78 Å². The van der Waals surface area contributed by atoms with Crippen LogP contribution in [-0.2, 0) is 26.4 Å². The number of benzene rings is 2. The second-order valence-corrected chi connectivity index (χ2v) is 7.10. The normalized spacial score (nSPS) is 11.3. The van der Waals surface area contributed by atoms with Gasteiger partial charge in [-0.2, -0.15) is 13.2 Å². The number of rotatable bonds is 7. The fourth-order valence-corrected chi connectivity index (χ4v) is 2.97. The molecule has 10 heteroatoms. The summed E-state index contributed by atoms with van der Waals surface area (Å²) in [6.07, 6.45) is -1.80. The third kappa shape index (κ3) is 5.26. The van der Waals surface area contributed by atoms with Gasteiger partial charge >= 0.3 is 6.18 Å². The minimum atomic E-state index is -4.90. The summed E-state index contributed by atoms with van der Waals surface area (Å²) in [6, 6.07) is 8.83. The van der Waals surface area contributed by atoms with Crippen molar-refractivity contribution in [1.82, 2.24) is 14.9 Å². The van der Waals surface area contributed by atoms with Crippen LogP contribution in [0.1, 0.15) is 44.5 Å². The van der Waals surface area contributed by atoms with E-state index < -0.39 is 34.6 Å². The zero-order valence-corrected chi connectivity index (χ0v) is 17.2. The minimum Gasteiger partial charge on any atom is -0.506 e. The molecule has 0 aliphatic rings. The molecule has 0 saturated carbocycles. The monoisotopic (exact) mass is 447 g/mol. The summed E-state index contributed by atoms with van der Waals surface area (Å²) < 4.78 is 47.2. The lowest BCUT2D eigenvalue weighted by Gasteiger charge is -2.17. The maximum Gasteiger partial charge on any atom is 0.423 e. The van der Waals surface area contributed by atoms with E-state index in [1.807, 2.05) is 0 Å². The first-order chi connectivity index (χ1) is 15.1. The number of aryl methyl sites for hydroxylation is 1. The van der Waals surface area contributed by atoms with Crippen molar-refractivity contribution in [3.8, 4) is 11.5 Å². The Kier molecular flexibility index (Phi) is 6.52. The molecule has 0 aliphatic heterocycles. The molecule has 1 heterocycles. The first kappa shape index (κ1) is 22.9. The van der Waals surface area contributed by atoms with Crippen LogP contribution < -0.4 is 10.1 Å². The van der Waals surface area contributed by atoms with Gasteiger partial charge in [0.2, 0.25) is 0 Å². The van der Waals surface area contributed by atoms with Crippen molar-refractivity contribution >= 4 is 11.7 Å². The quantitative estimate of drug-likeness (QED) is 0.537. The average Bonchev–Trinajstić information content (AvgIpc) is 3.16. The Morgan fingerprint density at radius 2 is 1.78 bits per heavy atom. The molecule has 1 amide bonds. The lowest BCUT2D eigenvalue weighted by atomic mass is 10.0. The van der Waals surface area contributed by atoms with E-state index in [0.717, 1.165) is 24.6 Å². The fraction of sp³-hybridized carbons (Fsp3) is 0.227. The number of imidazole rings is 1. The van der Waals surface area contributed by atoms with Crippen LogP contribution in [0.25, 0.3) is 0 Å². The SMILES string of the molecule is CC(=O)c1ccc(OCc2ccc(CNC(=O)c3cn(C)cn3)cc2)c(C(F)(F)F)c1O. The van der Waals surface area contributed by atoms with Gasteiger partial charge in [-0.1, -0.05) is 24.3 Å². The van der Waals surface area contributed by atoms with Crippen molar-refractivity contribution in [2.75, 3.05) is 0 Å². The molecule has 0 radical (unpaired) electrons. The minimum absolute atomic E-state index is 0.192. The molecule has 3 rings (SSSR count). The number of hydrogen-bond acceptors (Lipinski definition) is 5. The second-order valence-electron chi connectivity index (χ2n) is 7.10. The molecule has 32 heavy (non-hydrogen) atoms. The number of halogens is 3. The largest absolute Gasteiger partial charge is 0.506 e. The van der Waals surface area contributed by atoms with E-state index in [2.05, 4.69) is 10.3 Å². The van der Waals surface area contributed by atoms with Gasteiger partial charge < -0.3 is 19.7 Å². The van der Waals surface area contributed by atoms with Crippen LogP contribution >= 0.6 is 0 Å². The second kappa shape index (κ2) is 9.13. The van der Waals surface area contributed by atoms with Gasteiger partial charge in [-0.15, -0.1) is 0 Å². The molecule has 0 unspecified atom stereocenters. The van der Waals surface area contributed by atoms with Crippen molar-refractivity contribution in [2.45, 2.75) is 26.3 Å². The number of nitrogens with zero attached hydrogens (tertiary/aromatic N) is 2. The van der Waals surface area contributed by atoms with Gasteiger partial charge in [-0.05, 0) is 30.2 Å². The summed E-state index contributed by atoms with van der Waals surface area (Å²) in [4.78, 5) is 27.4. The molecule has 0 bridgehead atoms. The van der Waals surface area contributed by atoms with Gasteiger partial charge in [0, 0.05) is 19.8 Å². The molecule has 0 aliphatic carbocycles. The van der Waals surface area contributed by atoms with Crippen LogP contribution in [0.3, 0.4) is 0 Å². The van der Waals surface area contributed by atoms with Crippen LogP contribution in [-0.4, -0.2) is 26.3 Å². The third-order valence-electron chi connectivity index (χ3n) is 4.61. The molecular formula is C22H20F3N3O4. The number of phenols is 1. The van der Waals surface area contributed by atoms with E-state index in [1.54, 1.807) is 42.1 Å². The third-order valence-corrected chi connectivity index (χ3v) is 4.61. The molecule has 2 N–H and O–H groups in total. The number of nitrogens with one attached hydrogen (secondary N) is 1. The molecule has 1 aromatic heterocycles. The van der Waals surface area contributed by atoms with Gasteiger partial charge in [-0.25, -0.2) is 4.98 Å².